The van der Waals surface area contributed by atoms with Crippen LogP contribution in [0.25, 0.3) is 0 Å². The molecule has 6 heteroatoms. The van der Waals surface area contributed by atoms with Crippen LogP contribution in [0.3, 0.4) is 0 Å². The highest BCUT2D eigenvalue weighted by atomic mass is 35.6. The van der Waals surface area contributed by atoms with Crippen LogP contribution in [0.15, 0.2) is 0 Å². The predicted octanol–water partition coefficient (Wildman–Crippen LogP) is 2.94. The van der Waals surface area contributed by atoms with Crippen molar-refractivity contribution < 1.29 is 0 Å². The van der Waals surface area contributed by atoms with Crippen LogP contribution in [0.1, 0.15) is 32.2 Å². The number of nitrogens with zero attached hydrogens (tertiary/aromatic N) is 3. The number of alkyl halides is 3. The van der Waals surface area contributed by atoms with E-state index in [1.165, 1.54) is 4.68 Å². The zero-order valence-corrected chi connectivity index (χ0v) is 10.7. The molecular weight excluding hydrogens is 244 g/mol. The molecule has 0 N–H and O–H groups in total. The minimum absolute atomic E-state index is 0.187. The summed E-state index contributed by atoms with van der Waals surface area (Å²) in [5.74, 6) is 0. The van der Waals surface area contributed by atoms with Crippen LogP contribution in [0, 0.1) is 0 Å². The van der Waals surface area contributed by atoms with E-state index in [9.17, 15) is 0 Å². The molecule has 0 bridgehead atoms. The first-order valence-corrected chi connectivity index (χ1v) is 5.25. The monoisotopic (exact) mass is 255 g/mol. The maximum Gasteiger partial charge on any atom is 0.234 e. The molecule has 0 spiro atoms. The molecule has 0 atom stereocenters. The molecule has 0 saturated carbocycles. The lowest BCUT2D eigenvalue weighted by Gasteiger charge is -2.20. The van der Waals surface area contributed by atoms with Gasteiger partial charge in [0.2, 0.25) is 3.79 Å². The summed E-state index contributed by atoms with van der Waals surface area (Å²) in [4.78, 5) is 0. The highest BCUT2D eigenvalue weighted by molar-refractivity contribution is 6.66. The lowest BCUT2D eigenvalue weighted by atomic mass is 9.91. The fraction of sp³-hybridized carbons (Fsp3) is 0.750. The first-order chi connectivity index (χ1) is 6.14. The minimum Gasteiger partial charge on any atom is -0.248 e. The summed E-state index contributed by atoms with van der Waals surface area (Å²) in [5, 5.41) is 7.88. The van der Waals surface area contributed by atoms with Crippen molar-refractivity contribution >= 4 is 34.8 Å². The molecule has 0 fully saturated rings. The molecule has 0 amide bonds. The van der Waals surface area contributed by atoms with Gasteiger partial charge in [-0.3, -0.25) is 0 Å². The zero-order chi connectivity index (χ0) is 11.1. The summed E-state index contributed by atoms with van der Waals surface area (Å²) in [6.45, 7) is 5.99. The summed E-state index contributed by atoms with van der Waals surface area (Å²) in [5.41, 5.74) is 1.04. The second-order valence-electron chi connectivity index (χ2n) is 4.16. The first kappa shape index (κ1) is 12.1. The van der Waals surface area contributed by atoms with Crippen molar-refractivity contribution in [1.29, 1.82) is 0 Å². The Bertz CT molecular complexity index is 333. The van der Waals surface area contributed by atoms with Crippen LogP contribution < -0.4 is 0 Å². The van der Waals surface area contributed by atoms with Gasteiger partial charge < -0.3 is 0 Å². The third-order valence-electron chi connectivity index (χ3n) is 1.81. The quantitative estimate of drug-likeness (QED) is 0.668. The van der Waals surface area contributed by atoms with Gasteiger partial charge in [0.15, 0.2) is 0 Å². The highest BCUT2D eigenvalue weighted by Gasteiger charge is 2.35. The van der Waals surface area contributed by atoms with Gasteiger partial charge >= 0.3 is 0 Å². The Hall–Kier alpha value is 0.01000. The first-order valence-electron chi connectivity index (χ1n) is 4.11. The average Bonchev–Trinajstić information content (AvgIpc) is 2.27. The molecule has 0 aliphatic heterocycles. The summed E-state index contributed by atoms with van der Waals surface area (Å²) >= 11 is 17.5. The molecule has 0 aliphatic rings. The smallest absolute Gasteiger partial charge is 0.234 e. The van der Waals surface area contributed by atoms with E-state index >= 15 is 0 Å². The topological polar surface area (TPSA) is 30.7 Å². The molecule has 80 valence electrons. The van der Waals surface area contributed by atoms with Crippen LogP contribution >= 0.6 is 34.8 Å². The van der Waals surface area contributed by atoms with E-state index in [0.717, 1.165) is 0 Å². The lowest BCUT2D eigenvalue weighted by molar-refractivity contribution is 0.561. The van der Waals surface area contributed by atoms with Gasteiger partial charge in [0.25, 0.3) is 0 Å². The van der Waals surface area contributed by atoms with Crippen molar-refractivity contribution in [2.45, 2.75) is 30.0 Å². The van der Waals surface area contributed by atoms with E-state index < -0.39 is 3.79 Å². The van der Waals surface area contributed by atoms with E-state index in [4.69, 9.17) is 34.8 Å². The predicted molar refractivity (Wildman–Crippen MR) is 58.9 cm³/mol. The molecule has 0 unspecified atom stereocenters. The molecule has 0 radical (unpaired) electrons. The molecule has 1 aromatic heterocycles. The Morgan fingerprint density at radius 1 is 1.14 bits per heavy atom. The zero-order valence-electron chi connectivity index (χ0n) is 8.48. The van der Waals surface area contributed by atoms with Crippen molar-refractivity contribution in [3.8, 4) is 0 Å². The largest absolute Gasteiger partial charge is 0.248 e. The molecule has 3 nitrogen and oxygen atoms in total. The molecule has 1 rings (SSSR count). The van der Waals surface area contributed by atoms with Gasteiger partial charge in [-0.25, -0.2) is 4.68 Å². The summed E-state index contributed by atoms with van der Waals surface area (Å²) in [6, 6.07) is 0. The third kappa shape index (κ3) is 2.33. The van der Waals surface area contributed by atoms with Crippen LogP contribution in [0.2, 0.25) is 0 Å². The van der Waals surface area contributed by atoms with Crippen molar-refractivity contribution in [3.05, 3.63) is 11.4 Å². The highest BCUT2D eigenvalue weighted by Crippen LogP contribution is 2.41. The van der Waals surface area contributed by atoms with E-state index in [0.29, 0.717) is 11.4 Å². The molecule has 0 saturated heterocycles. The summed E-state index contributed by atoms with van der Waals surface area (Å²) in [6.07, 6.45) is 0. The Kier molecular flexibility index (Phi) is 3.06. The molecule has 0 aromatic carbocycles. The van der Waals surface area contributed by atoms with Crippen LogP contribution in [-0.2, 0) is 16.3 Å². The van der Waals surface area contributed by atoms with Gasteiger partial charge in [0.05, 0.1) is 5.69 Å². The normalized spacial score (nSPS) is 13.4. The Morgan fingerprint density at radius 2 is 1.64 bits per heavy atom. The molecule has 1 heterocycles. The van der Waals surface area contributed by atoms with Crippen molar-refractivity contribution in [1.82, 2.24) is 15.0 Å². The second-order valence-corrected chi connectivity index (χ2v) is 6.44. The maximum absolute atomic E-state index is 5.85. The van der Waals surface area contributed by atoms with E-state index in [2.05, 4.69) is 10.3 Å². The maximum atomic E-state index is 5.85. The van der Waals surface area contributed by atoms with Crippen LogP contribution in [0.4, 0.5) is 0 Å². The van der Waals surface area contributed by atoms with Crippen LogP contribution in [0.5, 0.6) is 0 Å². The second kappa shape index (κ2) is 3.54. The van der Waals surface area contributed by atoms with E-state index in [1.807, 2.05) is 20.8 Å². The Balaban J connectivity index is 3.35. The number of aromatic nitrogens is 3. The Morgan fingerprint density at radius 3 is 1.93 bits per heavy atom. The van der Waals surface area contributed by atoms with Gasteiger partial charge in [-0.15, -0.1) is 5.10 Å². The van der Waals surface area contributed by atoms with Crippen molar-refractivity contribution in [2.75, 3.05) is 0 Å². The molecule has 0 aliphatic carbocycles. The van der Waals surface area contributed by atoms with Crippen molar-refractivity contribution in [3.63, 3.8) is 0 Å². The number of halogens is 3. The van der Waals surface area contributed by atoms with Gasteiger partial charge in [0, 0.05) is 12.5 Å². The van der Waals surface area contributed by atoms with E-state index in [1.54, 1.807) is 7.05 Å². The number of hydrogen-bond donors (Lipinski definition) is 0. The SMILES string of the molecule is Cn1nnc(C(C)(C)C)c1C(Cl)(Cl)Cl. The van der Waals surface area contributed by atoms with Gasteiger partial charge in [0.1, 0.15) is 5.69 Å². The number of hydrogen-bond acceptors (Lipinski definition) is 2. The van der Waals surface area contributed by atoms with Crippen LogP contribution in [-0.4, -0.2) is 15.0 Å². The lowest BCUT2D eigenvalue weighted by Crippen LogP contribution is -2.19. The molecular formula is C8H12Cl3N3. The third-order valence-corrected chi connectivity index (χ3v) is 2.34. The fourth-order valence-corrected chi connectivity index (χ4v) is 1.82. The molecule has 14 heavy (non-hydrogen) atoms. The summed E-state index contributed by atoms with van der Waals surface area (Å²) in [7, 11) is 1.71. The van der Waals surface area contributed by atoms with Gasteiger partial charge in [-0.1, -0.05) is 60.8 Å². The molecule has 1 aromatic rings. The summed E-state index contributed by atoms with van der Waals surface area (Å²) < 4.78 is 0.00838. The Labute approximate surface area is 98.3 Å². The fourth-order valence-electron chi connectivity index (χ4n) is 1.18. The van der Waals surface area contributed by atoms with Gasteiger partial charge in [-0.2, -0.15) is 0 Å². The minimum atomic E-state index is -1.49. The average molecular weight is 257 g/mol. The van der Waals surface area contributed by atoms with E-state index in [-0.39, 0.29) is 5.41 Å². The number of rotatable bonds is 0. The standard InChI is InChI=1S/C8H12Cl3N3/c1-7(2,3)5-6(8(9,10)11)14(4)13-12-5/h1-4H3. The van der Waals surface area contributed by atoms with Crippen molar-refractivity contribution in [2.24, 2.45) is 7.05 Å². The number of aryl methyl sites for hydroxylation is 1. The van der Waals surface area contributed by atoms with Gasteiger partial charge in [-0.05, 0) is 0 Å².